The van der Waals surface area contributed by atoms with Crippen molar-refractivity contribution in [1.82, 2.24) is 0 Å². The lowest BCUT2D eigenvalue weighted by atomic mass is 9.87. The van der Waals surface area contributed by atoms with Gasteiger partial charge < -0.3 is 18.8 Å². The SMILES string of the molecule is CC(C)(C)c1ccc(OB2OCC(c3ccc(Oc4ccccc4)cc3)C=[N+]2c2ccc(Oc3ccccc3)cc2)cc1. The Morgan fingerprint density at radius 1 is 0.605 bits per heavy atom. The highest BCUT2D eigenvalue weighted by atomic mass is 16.6. The molecule has 5 nitrogen and oxygen atoms in total. The van der Waals surface area contributed by atoms with Crippen molar-refractivity contribution >= 4 is 19.2 Å². The molecule has 1 unspecified atom stereocenters. The third-order valence-corrected chi connectivity index (χ3v) is 7.34. The Bertz CT molecular complexity index is 1650. The van der Waals surface area contributed by atoms with E-state index >= 15 is 0 Å². The molecule has 6 rings (SSSR count). The van der Waals surface area contributed by atoms with Gasteiger partial charge in [0, 0.05) is 12.1 Å². The molecule has 0 saturated heterocycles. The van der Waals surface area contributed by atoms with Gasteiger partial charge >= 0.3 is 7.25 Å². The van der Waals surface area contributed by atoms with Crippen molar-refractivity contribution in [3.05, 3.63) is 145 Å². The van der Waals surface area contributed by atoms with Crippen LogP contribution in [0.2, 0.25) is 0 Å². The van der Waals surface area contributed by atoms with Crippen LogP contribution in [0.25, 0.3) is 0 Å². The van der Waals surface area contributed by atoms with Gasteiger partial charge in [-0.15, -0.1) is 0 Å². The van der Waals surface area contributed by atoms with Crippen molar-refractivity contribution in [2.45, 2.75) is 32.1 Å². The third kappa shape index (κ3) is 7.16. The zero-order valence-electron chi connectivity index (χ0n) is 24.7. The highest BCUT2D eigenvalue weighted by Crippen LogP contribution is 2.30. The zero-order chi connectivity index (χ0) is 29.6. The average molecular weight is 569 g/mol. The second-order valence-electron chi connectivity index (χ2n) is 11.6. The lowest BCUT2D eigenvalue weighted by Crippen LogP contribution is -2.44. The molecule has 1 atom stereocenters. The quantitative estimate of drug-likeness (QED) is 0.175. The summed E-state index contributed by atoms with van der Waals surface area (Å²) < 4.78 is 26.8. The second kappa shape index (κ2) is 12.6. The Balaban J connectivity index is 1.25. The first-order valence-electron chi connectivity index (χ1n) is 14.6. The molecule has 0 saturated carbocycles. The van der Waals surface area contributed by atoms with Gasteiger partial charge in [-0.1, -0.05) is 81.4 Å². The van der Waals surface area contributed by atoms with Gasteiger partial charge in [0.05, 0.1) is 12.5 Å². The lowest BCUT2D eigenvalue weighted by molar-refractivity contribution is -0.330. The van der Waals surface area contributed by atoms with Gasteiger partial charge in [0.1, 0.15) is 35.0 Å². The van der Waals surface area contributed by atoms with Gasteiger partial charge in [-0.2, -0.15) is 0 Å². The topological polar surface area (TPSA) is 39.9 Å². The zero-order valence-corrected chi connectivity index (χ0v) is 24.7. The molecule has 0 aliphatic carbocycles. The Morgan fingerprint density at radius 2 is 1.09 bits per heavy atom. The number of nitrogens with zero attached hydrogens (tertiary/aromatic N) is 1. The van der Waals surface area contributed by atoms with E-state index in [0.29, 0.717) is 6.61 Å². The van der Waals surface area contributed by atoms with Crippen molar-refractivity contribution in [1.29, 1.82) is 0 Å². The van der Waals surface area contributed by atoms with Crippen LogP contribution in [0.5, 0.6) is 28.7 Å². The van der Waals surface area contributed by atoms with E-state index in [1.54, 1.807) is 0 Å². The van der Waals surface area contributed by atoms with Gasteiger partial charge in [0.25, 0.3) is 0 Å². The van der Waals surface area contributed by atoms with Crippen LogP contribution in [0.1, 0.15) is 37.8 Å². The minimum absolute atomic E-state index is 0.0223. The fourth-order valence-corrected chi connectivity index (χ4v) is 4.92. The summed E-state index contributed by atoms with van der Waals surface area (Å²) in [5.41, 5.74) is 3.38. The molecule has 0 fully saturated rings. The van der Waals surface area contributed by atoms with Gasteiger partial charge in [0.2, 0.25) is 0 Å². The molecule has 0 amide bonds. The molecular formula is C37H35BNO4+. The van der Waals surface area contributed by atoms with Crippen LogP contribution < -0.4 is 14.1 Å². The van der Waals surface area contributed by atoms with E-state index in [2.05, 4.69) is 51.3 Å². The van der Waals surface area contributed by atoms with Crippen LogP contribution in [0.15, 0.2) is 133 Å². The first-order chi connectivity index (χ1) is 20.9. The highest BCUT2D eigenvalue weighted by Gasteiger charge is 2.46. The molecule has 1 aliphatic rings. The molecule has 5 aromatic rings. The molecule has 43 heavy (non-hydrogen) atoms. The molecule has 0 N–H and O–H groups in total. The molecule has 0 radical (unpaired) electrons. The maximum Gasteiger partial charge on any atom is 0.921 e. The molecule has 0 spiro atoms. The van der Waals surface area contributed by atoms with E-state index in [1.807, 2.05) is 114 Å². The Kier molecular flexibility index (Phi) is 8.30. The van der Waals surface area contributed by atoms with Crippen LogP contribution in [0.4, 0.5) is 5.69 Å². The lowest BCUT2D eigenvalue weighted by Gasteiger charge is -2.22. The molecule has 0 bridgehead atoms. The Labute approximate surface area is 254 Å². The van der Waals surface area contributed by atoms with Gasteiger partial charge in [-0.25, -0.2) is 4.49 Å². The summed E-state index contributed by atoms with van der Waals surface area (Å²) in [7, 11) is -0.627. The molecule has 214 valence electrons. The minimum Gasteiger partial charge on any atom is -0.474 e. The maximum atomic E-state index is 6.41. The summed E-state index contributed by atoms with van der Waals surface area (Å²) in [5.74, 6) is 3.92. The van der Waals surface area contributed by atoms with E-state index in [4.69, 9.17) is 18.8 Å². The second-order valence-corrected chi connectivity index (χ2v) is 11.6. The number of benzene rings is 5. The Morgan fingerprint density at radius 3 is 1.63 bits per heavy atom. The molecule has 5 aromatic carbocycles. The fraction of sp³-hybridized carbons (Fsp3) is 0.162. The molecule has 6 heteroatoms. The predicted octanol–water partition coefficient (Wildman–Crippen LogP) is 9.16. The fourth-order valence-electron chi connectivity index (χ4n) is 4.92. The van der Waals surface area contributed by atoms with E-state index in [9.17, 15) is 0 Å². The summed E-state index contributed by atoms with van der Waals surface area (Å²) in [6.07, 6.45) is 2.18. The van der Waals surface area contributed by atoms with Gasteiger partial charge in [-0.05, 0) is 77.2 Å². The van der Waals surface area contributed by atoms with Crippen molar-refractivity contribution in [3.63, 3.8) is 0 Å². The number of para-hydroxylation sites is 2. The van der Waals surface area contributed by atoms with E-state index < -0.39 is 7.25 Å². The van der Waals surface area contributed by atoms with Crippen LogP contribution in [0, 0.1) is 0 Å². The smallest absolute Gasteiger partial charge is 0.474 e. The van der Waals surface area contributed by atoms with Crippen molar-refractivity contribution < 1.29 is 23.3 Å². The molecule has 1 heterocycles. The largest absolute Gasteiger partial charge is 0.921 e. The summed E-state index contributed by atoms with van der Waals surface area (Å²) in [6.45, 7) is 7.09. The van der Waals surface area contributed by atoms with Gasteiger partial charge in [-0.3, -0.25) is 0 Å². The number of hydrogen-bond donors (Lipinski definition) is 0. The summed E-state index contributed by atoms with van der Waals surface area (Å²) in [5, 5.41) is 0. The number of ether oxygens (including phenoxy) is 2. The van der Waals surface area contributed by atoms with E-state index in [1.165, 1.54) is 5.56 Å². The predicted molar refractivity (Wildman–Crippen MR) is 172 cm³/mol. The van der Waals surface area contributed by atoms with Crippen molar-refractivity contribution in [2.75, 3.05) is 6.61 Å². The summed E-state index contributed by atoms with van der Waals surface area (Å²) in [4.78, 5) is 0. The molecular weight excluding hydrogens is 533 g/mol. The molecule has 1 aliphatic heterocycles. The third-order valence-electron chi connectivity index (χ3n) is 7.34. The average Bonchev–Trinajstić information content (AvgIpc) is 3.03. The minimum atomic E-state index is -0.627. The van der Waals surface area contributed by atoms with E-state index in [0.717, 1.165) is 40.0 Å². The van der Waals surface area contributed by atoms with Crippen LogP contribution in [0.3, 0.4) is 0 Å². The van der Waals surface area contributed by atoms with Crippen LogP contribution >= 0.6 is 0 Å². The normalized spacial score (nSPS) is 15.0. The van der Waals surface area contributed by atoms with Crippen LogP contribution in [-0.4, -0.2) is 24.6 Å². The number of hydrogen-bond acceptors (Lipinski definition) is 4. The van der Waals surface area contributed by atoms with Crippen molar-refractivity contribution in [3.8, 4) is 28.7 Å². The van der Waals surface area contributed by atoms with E-state index in [-0.39, 0.29) is 11.3 Å². The summed E-state index contributed by atoms with van der Waals surface area (Å²) in [6, 6.07) is 44.0. The van der Waals surface area contributed by atoms with Crippen LogP contribution in [-0.2, 0) is 10.1 Å². The maximum absolute atomic E-state index is 6.41. The monoisotopic (exact) mass is 568 g/mol. The summed E-state index contributed by atoms with van der Waals surface area (Å²) >= 11 is 0. The number of rotatable bonds is 8. The van der Waals surface area contributed by atoms with Gasteiger partial charge in [0.15, 0.2) is 5.69 Å². The first-order valence-corrected chi connectivity index (χ1v) is 14.6. The highest BCUT2D eigenvalue weighted by molar-refractivity contribution is 6.37. The standard InChI is InChI=1S/C37H35BNO4/c1-37(2,3)30-16-22-36(23-17-30)43-38-39(31-18-24-35(25-19-31)42-33-12-8-5-9-13-33)26-29(27-40-38)28-14-20-34(21-15-28)41-32-10-6-4-7-11-32/h4-26,29H,27H2,1-3H3/q+1. The molecule has 0 aromatic heterocycles. The Hall–Kier alpha value is -4.81. The van der Waals surface area contributed by atoms with Crippen molar-refractivity contribution in [2.24, 2.45) is 0 Å². The first kappa shape index (κ1) is 28.3.